The van der Waals surface area contributed by atoms with E-state index in [0.717, 1.165) is 32.1 Å². The van der Waals surface area contributed by atoms with Gasteiger partial charge in [0, 0.05) is 25.0 Å². The number of hydrogen-bond donors (Lipinski definition) is 4. The van der Waals surface area contributed by atoms with Crippen LogP contribution in [0.4, 0.5) is 4.79 Å². The van der Waals surface area contributed by atoms with Crippen molar-refractivity contribution in [3.05, 3.63) is 0 Å². The fraction of sp³-hybridized carbons (Fsp3) is 0.833. The summed E-state index contributed by atoms with van der Waals surface area (Å²) in [5.41, 5.74) is 0. The largest absolute Gasteiger partial charge is 0.481 e. The predicted octanol–water partition coefficient (Wildman–Crippen LogP) is 2.16. The molecule has 0 aromatic rings. The van der Waals surface area contributed by atoms with Gasteiger partial charge in [-0.15, -0.1) is 0 Å². The van der Waals surface area contributed by atoms with Crippen molar-refractivity contribution in [2.75, 3.05) is 6.54 Å². The smallest absolute Gasteiger partial charge is 0.315 e. The monoisotopic (exact) mass is 353 g/mol. The summed E-state index contributed by atoms with van der Waals surface area (Å²) >= 11 is 0. The van der Waals surface area contributed by atoms with Crippen LogP contribution < -0.4 is 16.0 Å². The lowest BCUT2D eigenvalue weighted by Crippen LogP contribution is -2.46. The zero-order valence-corrected chi connectivity index (χ0v) is 14.9. The van der Waals surface area contributed by atoms with E-state index in [-0.39, 0.29) is 23.9 Å². The molecular formula is C18H31N3O4. The molecule has 2 saturated carbocycles. The number of unbranched alkanes of at least 4 members (excludes halogenated alkanes) is 2. The summed E-state index contributed by atoms with van der Waals surface area (Å²) in [4.78, 5) is 34.2. The Bertz CT molecular complexity index is 457. The van der Waals surface area contributed by atoms with Gasteiger partial charge in [0.15, 0.2) is 0 Å². The van der Waals surface area contributed by atoms with Gasteiger partial charge in [-0.25, -0.2) is 4.79 Å². The molecule has 0 aliphatic heterocycles. The topological polar surface area (TPSA) is 108 Å². The van der Waals surface area contributed by atoms with E-state index in [1.54, 1.807) is 0 Å². The summed E-state index contributed by atoms with van der Waals surface area (Å²) in [6.45, 7) is 0.628. The number of carboxylic acids is 1. The molecule has 2 aliphatic rings. The third-order valence-electron chi connectivity index (χ3n) is 5.16. The molecule has 0 aromatic carbocycles. The second-order valence-electron chi connectivity index (χ2n) is 7.32. The maximum absolute atomic E-state index is 11.8. The number of amides is 3. The molecule has 0 heterocycles. The van der Waals surface area contributed by atoms with Crippen molar-refractivity contribution in [2.24, 2.45) is 5.92 Å². The normalized spacial score (nSPS) is 23.4. The van der Waals surface area contributed by atoms with Crippen LogP contribution in [0.1, 0.15) is 70.6 Å². The molecule has 2 rings (SSSR count). The molecule has 0 radical (unpaired) electrons. The van der Waals surface area contributed by atoms with E-state index in [4.69, 9.17) is 5.11 Å². The molecule has 0 aromatic heterocycles. The van der Waals surface area contributed by atoms with Crippen molar-refractivity contribution in [1.29, 1.82) is 0 Å². The van der Waals surface area contributed by atoms with Gasteiger partial charge in [-0.3, -0.25) is 9.59 Å². The highest BCUT2D eigenvalue weighted by molar-refractivity contribution is 5.77. The van der Waals surface area contributed by atoms with Crippen LogP contribution in [-0.2, 0) is 9.59 Å². The number of nitrogens with one attached hydrogen (secondary N) is 3. The minimum absolute atomic E-state index is 0.00293. The van der Waals surface area contributed by atoms with Crippen LogP contribution in [-0.4, -0.2) is 41.6 Å². The number of carbonyl (C=O) groups is 3. The summed E-state index contributed by atoms with van der Waals surface area (Å²) in [6.07, 6.45) is 9.91. The van der Waals surface area contributed by atoms with Crippen LogP contribution in [0.2, 0.25) is 0 Å². The zero-order valence-electron chi connectivity index (χ0n) is 14.9. The maximum atomic E-state index is 11.8. The summed E-state index contributed by atoms with van der Waals surface area (Å²) in [5.74, 6) is -1.07. The van der Waals surface area contributed by atoms with Crippen molar-refractivity contribution >= 4 is 17.9 Å². The number of hydrogen-bond acceptors (Lipinski definition) is 3. The molecule has 7 nitrogen and oxygen atoms in total. The van der Waals surface area contributed by atoms with Crippen LogP contribution in [0, 0.1) is 5.92 Å². The van der Waals surface area contributed by atoms with Crippen LogP contribution >= 0.6 is 0 Å². The first-order chi connectivity index (χ1) is 12.0. The van der Waals surface area contributed by atoms with E-state index in [2.05, 4.69) is 16.0 Å². The third-order valence-corrected chi connectivity index (χ3v) is 5.16. The van der Waals surface area contributed by atoms with Crippen LogP contribution in [0.5, 0.6) is 0 Å². The standard InChI is InChI=1S/C18H31N3O4/c22-16(20-15-11-13(12-15)17(23)24)9-5-2-6-10-19-18(25)21-14-7-3-1-4-8-14/h13-15H,1-12H2,(H,20,22)(H,23,24)(H2,19,21,25). The third kappa shape index (κ3) is 7.32. The molecule has 2 fully saturated rings. The molecule has 25 heavy (non-hydrogen) atoms. The highest BCUT2D eigenvalue weighted by Gasteiger charge is 2.34. The lowest BCUT2D eigenvalue weighted by atomic mass is 9.80. The van der Waals surface area contributed by atoms with Crippen molar-refractivity contribution in [2.45, 2.75) is 82.7 Å². The van der Waals surface area contributed by atoms with Gasteiger partial charge in [0.05, 0.1) is 5.92 Å². The Morgan fingerprint density at radius 3 is 2.28 bits per heavy atom. The van der Waals surface area contributed by atoms with E-state index in [1.807, 2.05) is 0 Å². The molecule has 142 valence electrons. The van der Waals surface area contributed by atoms with E-state index in [0.29, 0.717) is 31.8 Å². The Hall–Kier alpha value is -1.79. The lowest BCUT2D eigenvalue weighted by Gasteiger charge is -2.32. The second-order valence-corrected chi connectivity index (χ2v) is 7.32. The highest BCUT2D eigenvalue weighted by atomic mass is 16.4. The average Bonchev–Trinajstić information content (AvgIpc) is 2.54. The first kappa shape index (κ1) is 19.5. The van der Waals surface area contributed by atoms with Crippen LogP contribution in [0.25, 0.3) is 0 Å². The zero-order chi connectivity index (χ0) is 18.1. The minimum atomic E-state index is -0.773. The average molecular weight is 353 g/mol. The predicted molar refractivity (Wildman–Crippen MR) is 94.2 cm³/mol. The summed E-state index contributed by atoms with van der Waals surface area (Å²) in [7, 11) is 0. The number of carbonyl (C=O) groups excluding carboxylic acids is 2. The number of aliphatic carboxylic acids is 1. The first-order valence-electron chi connectivity index (χ1n) is 9.61. The van der Waals surface area contributed by atoms with Crippen molar-refractivity contribution in [3.63, 3.8) is 0 Å². The molecule has 0 unspecified atom stereocenters. The van der Waals surface area contributed by atoms with Gasteiger partial charge in [0.2, 0.25) is 5.91 Å². The quantitative estimate of drug-likeness (QED) is 0.476. The molecule has 3 amide bonds. The highest BCUT2D eigenvalue weighted by Crippen LogP contribution is 2.27. The molecule has 4 N–H and O–H groups in total. The Morgan fingerprint density at radius 1 is 0.880 bits per heavy atom. The van der Waals surface area contributed by atoms with Gasteiger partial charge >= 0.3 is 12.0 Å². The van der Waals surface area contributed by atoms with E-state index in [9.17, 15) is 14.4 Å². The maximum Gasteiger partial charge on any atom is 0.315 e. The van der Waals surface area contributed by atoms with Gasteiger partial charge in [-0.1, -0.05) is 25.7 Å². The fourth-order valence-corrected chi connectivity index (χ4v) is 3.51. The Labute approximate surface area is 149 Å². The molecule has 2 aliphatic carbocycles. The van der Waals surface area contributed by atoms with E-state index >= 15 is 0 Å². The van der Waals surface area contributed by atoms with E-state index in [1.165, 1.54) is 19.3 Å². The second kappa shape index (κ2) is 10.3. The Morgan fingerprint density at radius 2 is 1.60 bits per heavy atom. The summed E-state index contributed by atoms with van der Waals surface area (Å²) in [6, 6.07) is 0.269. The summed E-state index contributed by atoms with van der Waals surface area (Å²) in [5, 5.41) is 17.6. The lowest BCUT2D eigenvalue weighted by molar-refractivity contribution is -0.146. The summed E-state index contributed by atoms with van der Waals surface area (Å²) < 4.78 is 0. The van der Waals surface area contributed by atoms with Crippen molar-refractivity contribution < 1.29 is 19.5 Å². The fourth-order valence-electron chi connectivity index (χ4n) is 3.51. The molecule has 0 spiro atoms. The van der Waals surface area contributed by atoms with Gasteiger partial charge in [0.1, 0.15) is 0 Å². The molecule has 0 atom stereocenters. The van der Waals surface area contributed by atoms with Gasteiger partial charge in [-0.2, -0.15) is 0 Å². The van der Waals surface area contributed by atoms with E-state index < -0.39 is 5.97 Å². The van der Waals surface area contributed by atoms with Gasteiger partial charge < -0.3 is 21.1 Å². The number of rotatable bonds is 9. The van der Waals surface area contributed by atoms with Crippen LogP contribution in [0.15, 0.2) is 0 Å². The van der Waals surface area contributed by atoms with Gasteiger partial charge in [-0.05, 0) is 38.5 Å². The Kier molecular flexibility index (Phi) is 8.01. The SMILES string of the molecule is O=C(CCCCCNC(=O)NC1CCCCC1)NC1CC(C(=O)O)C1. The van der Waals surface area contributed by atoms with Crippen molar-refractivity contribution in [1.82, 2.24) is 16.0 Å². The van der Waals surface area contributed by atoms with Gasteiger partial charge in [0.25, 0.3) is 0 Å². The molecule has 0 bridgehead atoms. The molecular weight excluding hydrogens is 322 g/mol. The first-order valence-corrected chi connectivity index (χ1v) is 9.61. The number of carboxylic acid groups (broad SMARTS) is 1. The molecule has 7 heteroatoms. The molecule has 0 saturated heterocycles. The van der Waals surface area contributed by atoms with Crippen molar-refractivity contribution in [3.8, 4) is 0 Å². The number of urea groups is 1. The Balaban J connectivity index is 1.41. The minimum Gasteiger partial charge on any atom is -0.481 e. The van der Waals surface area contributed by atoms with Crippen LogP contribution in [0.3, 0.4) is 0 Å².